The second-order valence-corrected chi connectivity index (χ2v) is 6.09. The number of H-pyrrole nitrogens is 1. The van der Waals surface area contributed by atoms with E-state index in [4.69, 9.17) is 0 Å². The summed E-state index contributed by atoms with van der Waals surface area (Å²) >= 11 is 0. The van der Waals surface area contributed by atoms with Crippen LogP contribution in [0.5, 0.6) is 0 Å². The zero-order chi connectivity index (χ0) is 20.3. The molecule has 0 radical (unpaired) electrons. The number of aromatic nitrogens is 3. The van der Waals surface area contributed by atoms with E-state index in [2.05, 4.69) is 20.3 Å². The first-order chi connectivity index (χ1) is 13.4. The molecule has 1 aromatic carbocycles. The van der Waals surface area contributed by atoms with Crippen molar-refractivity contribution in [2.45, 2.75) is 20.3 Å². The van der Waals surface area contributed by atoms with Crippen molar-refractivity contribution in [1.29, 1.82) is 0 Å². The predicted octanol–water partition coefficient (Wildman–Crippen LogP) is 2.97. The molecular formula is C20H18N4O4. The summed E-state index contributed by atoms with van der Waals surface area (Å²) in [6.45, 7) is 3.26. The van der Waals surface area contributed by atoms with E-state index in [9.17, 15) is 19.5 Å². The van der Waals surface area contributed by atoms with Crippen molar-refractivity contribution in [3.63, 3.8) is 0 Å². The first kappa shape index (κ1) is 19.0. The van der Waals surface area contributed by atoms with Crippen LogP contribution in [0.3, 0.4) is 0 Å². The number of nitrogens with zero attached hydrogens (tertiary/aromatic N) is 2. The van der Waals surface area contributed by atoms with E-state index in [0.29, 0.717) is 40.2 Å². The summed E-state index contributed by atoms with van der Waals surface area (Å²) in [7, 11) is 0. The quantitative estimate of drug-likeness (QED) is 0.566. The van der Waals surface area contributed by atoms with Gasteiger partial charge >= 0.3 is 5.97 Å². The number of aromatic carboxylic acids is 1. The van der Waals surface area contributed by atoms with E-state index in [1.807, 2.05) is 6.92 Å². The molecule has 8 nitrogen and oxygen atoms in total. The van der Waals surface area contributed by atoms with Crippen molar-refractivity contribution in [2.75, 3.05) is 5.32 Å². The smallest absolute Gasteiger partial charge is 0.338 e. The minimum atomic E-state index is -1.08. The molecular weight excluding hydrogens is 360 g/mol. The van der Waals surface area contributed by atoms with Gasteiger partial charge < -0.3 is 15.4 Å². The number of ketones is 1. The summed E-state index contributed by atoms with van der Waals surface area (Å²) in [6, 6.07) is 6.89. The molecule has 0 aliphatic rings. The Morgan fingerprint density at radius 3 is 2.68 bits per heavy atom. The summed E-state index contributed by atoms with van der Waals surface area (Å²) < 4.78 is 0. The van der Waals surface area contributed by atoms with Gasteiger partial charge in [-0.2, -0.15) is 0 Å². The number of fused-ring (bicyclic) bond motifs is 1. The Morgan fingerprint density at radius 1 is 1.21 bits per heavy atom. The Bertz CT molecular complexity index is 1110. The minimum Gasteiger partial charge on any atom is -0.478 e. The SMILES string of the molecule is CCc1nc(-c2cccc(NC(=O)/C=C/C(C)=O)c2)c2c(C(=O)O)c[nH]c2n1. The highest BCUT2D eigenvalue weighted by atomic mass is 16.4. The number of amides is 1. The maximum absolute atomic E-state index is 11.9. The fourth-order valence-corrected chi connectivity index (χ4v) is 2.74. The molecule has 0 atom stereocenters. The number of allylic oxidation sites excluding steroid dienone is 1. The number of hydrogen-bond donors (Lipinski definition) is 3. The molecule has 3 rings (SSSR count). The standard InChI is InChI=1S/C20H18N4O4/c1-3-15-23-18(17-14(20(27)28)10-21-19(17)24-15)12-5-4-6-13(9-12)22-16(26)8-7-11(2)25/h4-10H,3H2,1-2H3,(H,22,26)(H,27,28)(H,21,23,24)/b8-7+. The average Bonchev–Trinajstić information content (AvgIpc) is 3.10. The lowest BCUT2D eigenvalue weighted by Gasteiger charge is -2.09. The van der Waals surface area contributed by atoms with Crippen LogP contribution in [0.25, 0.3) is 22.3 Å². The van der Waals surface area contributed by atoms with E-state index in [1.54, 1.807) is 24.3 Å². The third-order valence-electron chi connectivity index (χ3n) is 4.00. The minimum absolute atomic E-state index is 0.0754. The van der Waals surface area contributed by atoms with Gasteiger partial charge in [0.25, 0.3) is 0 Å². The van der Waals surface area contributed by atoms with Gasteiger partial charge in [0.1, 0.15) is 11.5 Å². The van der Waals surface area contributed by atoms with Crippen LogP contribution in [0, 0.1) is 0 Å². The predicted molar refractivity (Wildman–Crippen MR) is 104 cm³/mol. The molecule has 0 unspecified atom stereocenters. The molecule has 0 saturated heterocycles. The van der Waals surface area contributed by atoms with Gasteiger partial charge in [0.05, 0.1) is 16.6 Å². The van der Waals surface area contributed by atoms with Gasteiger partial charge in [0, 0.05) is 29.9 Å². The molecule has 0 aliphatic heterocycles. The Hall–Kier alpha value is -3.81. The maximum atomic E-state index is 11.9. The third kappa shape index (κ3) is 3.96. The number of carboxylic acids is 1. The molecule has 0 saturated carbocycles. The Kier molecular flexibility index (Phi) is 5.30. The highest BCUT2D eigenvalue weighted by Gasteiger charge is 2.19. The molecule has 142 valence electrons. The number of benzene rings is 1. The van der Waals surface area contributed by atoms with Gasteiger partial charge in [0.15, 0.2) is 5.78 Å². The van der Waals surface area contributed by atoms with Gasteiger partial charge in [-0.15, -0.1) is 0 Å². The van der Waals surface area contributed by atoms with Gasteiger partial charge in [-0.25, -0.2) is 14.8 Å². The second-order valence-electron chi connectivity index (χ2n) is 6.09. The molecule has 3 N–H and O–H groups in total. The summed E-state index contributed by atoms with van der Waals surface area (Å²) in [5.41, 5.74) is 2.12. The summed E-state index contributed by atoms with van der Waals surface area (Å²) in [5.74, 6) is -1.19. The molecule has 2 aromatic heterocycles. The van der Waals surface area contributed by atoms with Crippen molar-refractivity contribution in [2.24, 2.45) is 0 Å². The first-order valence-corrected chi connectivity index (χ1v) is 8.60. The molecule has 0 spiro atoms. The first-order valence-electron chi connectivity index (χ1n) is 8.60. The van der Waals surface area contributed by atoms with Crippen LogP contribution in [0.4, 0.5) is 5.69 Å². The molecule has 0 bridgehead atoms. The van der Waals surface area contributed by atoms with Crippen LogP contribution >= 0.6 is 0 Å². The topological polar surface area (TPSA) is 125 Å². The van der Waals surface area contributed by atoms with Gasteiger partial charge in [-0.3, -0.25) is 9.59 Å². The number of aromatic amines is 1. The Balaban J connectivity index is 2.07. The van der Waals surface area contributed by atoms with Crippen LogP contribution < -0.4 is 5.32 Å². The Labute approximate surface area is 160 Å². The summed E-state index contributed by atoms with van der Waals surface area (Å²) in [5, 5.41) is 12.6. The summed E-state index contributed by atoms with van der Waals surface area (Å²) in [6.07, 6.45) is 4.31. The van der Waals surface area contributed by atoms with Crippen molar-refractivity contribution in [1.82, 2.24) is 15.0 Å². The largest absolute Gasteiger partial charge is 0.478 e. The van der Waals surface area contributed by atoms with Crippen molar-refractivity contribution in [3.8, 4) is 11.3 Å². The van der Waals surface area contributed by atoms with E-state index < -0.39 is 11.9 Å². The van der Waals surface area contributed by atoms with Crippen molar-refractivity contribution < 1.29 is 19.5 Å². The second kappa shape index (κ2) is 7.83. The zero-order valence-corrected chi connectivity index (χ0v) is 15.3. The van der Waals surface area contributed by atoms with Crippen molar-refractivity contribution in [3.05, 3.63) is 54.0 Å². The maximum Gasteiger partial charge on any atom is 0.338 e. The van der Waals surface area contributed by atoms with Crippen LogP contribution in [0.15, 0.2) is 42.6 Å². The van der Waals surface area contributed by atoms with E-state index in [0.717, 1.165) is 6.08 Å². The van der Waals surface area contributed by atoms with Gasteiger partial charge in [-0.05, 0) is 25.1 Å². The molecule has 0 aliphatic carbocycles. The fourth-order valence-electron chi connectivity index (χ4n) is 2.74. The molecule has 3 aromatic rings. The number of nitrogens with one attached hydrogen (secondary N) is 2. The van der Waals surface area contributed by atoms with Crippen LogP contribution in [-0.4, -0.2) is 37.7 Å². The number of anilines is 1. The highest BCUT2D eigenvalue weighted by molar-refractivity contribution is 6.08. The number of carboxylic acid groups (broad SMARTS) is 1. The van der Waals surface area contributed by atoms with Crippen LogP contribution in [0.1, 0.15) is 30.0 Å². The highest BCUT2D eigenvalue weighted by Crippen LogP contribution is 2.30. The van der Waals surface area contributed by atoms with Crippen LogP contribution in [0.2, 0.25) is 0 Å². The van der Waals surface area contributed by atoms with Crippen molar-refractivity contribution >= 4 is 34.4 Å². The lowest BCUT2D eigenvalue weighted by molar-refractivity contribution is -0.114. The number of carbonyl (C=O) groups excluding carboxylic acids is 2. The van der Waals surface area contributed by atoms with E-state index >= 15 is 0 Å². The van der Waals surface area contributed by atoms with E-state index in [1.165, 1.54) is 19.2 Å². The summed E-state index contributed by atoms with van der Waals surface area (Å²) in [4.78, 5) is 46.2. The number of aryl methyl sites for hydroxylation is 1. The zero-order valence-electron chi connectivity index (χ0n) is 15.3. The lowest BCUT2D eigenvalue weighted by atomic mass is 10.1. The number of hydrogen-bond acceptors (Lipinski definition) is 5. The normalized spacial score (nSPS) is 11.1. The third-order valence-corrected chi connectivity index (χ3v) is 4.00. The van der Waals surface area contributed by atoms with E-state index in [-0.39, 0.29) is 11.3 Å². The monoisotopic (exact) mass is 378 g/mol. The molecule has 8 heteroatoms. The van der Waals surface area contributed by atoms with Gasteiger partial charge in [-0.1, -0.05) is 19.1 Å². The lowest BCUT2D eigenvalue weighted by Crippen LogP contribution is -2.08. The number of rotatable bonds is 6. The van der Waals surface area contributed by atoms with Crippen LogP contribution in [-0.2, 0) is 16.0 Å². The number of carbonyl (C=O) groups is 3. The average molecular weight is 378 g/mol. The molecule has 28 heavy (non-hydrogen) atoms. The molecule has 0 fully saturated rings. The fraction of sp³-hybridized carbons (Fsp3) is 0.150. The Morgan fingerprint density at radius 2 is 2.00 bits per heavy atom. The van der Waals surface area contributed by atoms with Gasteiger partial charge in [0.2, 0.25) is 5.91 Å². The molecule has 2 heterocycles. The molecule has 1 amide bonds.